The average molecular weight is 428 g/mol. The highest BCUT2D eigenvalue weighted by Gasteiger charge is 2.40. The van der Waals surface area contributed by atoms with Gasteiger partial charge in [0.2, 0.25) is 15.9 Å². The van der Waals surface area contributed by atoms with Gasteiger partial charge in [-0.05, 0) is 49.4 Å². The maximum Gasteiger partial charge on any atom is 0.243 e. The first-order chi connectivity index (χ1) is 14.5. The summed E-state index contributed by atoms with van der Waals surface area (Å²) in [6.45, 7) is 2.94. The lowest BCUT2D eigenvalue weighted by molar-refractivity contribution is -0.133. The Hall–Kier alpha value is -2.38. The van der Waals surface area contributed by atoms with Gasteiger partial charge in [-0.1, -0.05) is 36.4 Å². The quantitative estimate of drug-likeness (QED) is 0.711. The standard InChI is InChI=1S/C23H29N3O3S/c1-24(18-19-10-5-6-13-21(19)25-15-7-8-16-25)23(27)22-14-9-17-26(22)30(28,29)20-11-3-2-4-12-20/h2-6,10-13,22H,7-9,14-18H2,1H3/t22-/m1/s1. The van der Waals surface area contributed by atoms with Crippen molar-refractivity contribution in [1.82, 2.24) is 9.21 Å². The second-order valence-corrected chi connectivity index (χ2v) is 9.99. The number of likely N-dealkylation sites (N-methyl/N-ethyl adjacent to an activating group) is 1. The fourth-order valence-electron chi connectivity index (χ4n) is 4.50. The number of hydrogen-bond donors (Lipinski definition) is 0. The van der Waals surface area contributed by atoms with E-state index in [2.05, 4.69) is 17.0 Å². The highest BCUT2D eigenvalue weighted by atomic mass is 32.2. The summed E-state index contributed by atoms with van der Waals surface area (Å²) in [4.78, 5) is 17.6. The van der Waals surface area contributed by atoms with Gasteiger partial charge in [0, 0.05) is 38.9 Å². The predicted molar refractivity (Wildman–Crippen MR) is 118 cm³/mol. The van der Waals surface area contributed by atoms with Crippen LogP contribution in [0, 0.1) is 0 Å². The lowest BCUT2D eigenvalue weighted by atomic mass is 10.1. The Morgan fingerprint density at radius 1 is 0.967 bits per heavy atom. The van der Waals surface area contributed by atoms with Crippen LogP contribution in [0.4, 0.5) is 5.69 Å². The first kappa shape index (κ1) is 20.9. The number of benzene rings is 2. The van der Waals surface area contributed by atoms with Gasteiger partial charge in [0.1, 0.15) is 6.04 Å². The van der Waals surface area contributed by atoms with Crippen LogP contribution in [0.1, 0.15) is 31.2 Å². The molecular formula is C23H29N3O3S. The smallest absolute Gasteiger partial charge is 0.243 e. The van der Waals surface area contributed by atoms with Crippen LogP contribution in [0.25, 0.3) is 0 Å². The number of amides is 1. The molecule has 2 aromatic rings. The zero-order chi connectivity index (χ0) is 21.1. The van der Waals surface area contributed by atoms with Crippen LogP contribution in [0.2, 0.25) is 0 Å². The number of hydrogen-bond acceptors (Lipinski definition) is 4. The molecule has 6 nitrogen and oxygen atoms in total. The van der Waals surface area contributed by atoms with E-state index < -0.39 is 16.1 Å². The second-order valence-electron chi connectivity index (χ2n) is 8.10. The van der Waals surface area contributed by atoms with Crippen molar-refractivity contribution >= 4 is 21.6 Å². The summed E-state index contributed by atoms with van der Waals surface area (Å²) in [7, 11) is -1.91. The molecule has 0 spiro atoms. The van der Waals surface area contributed by atoms with Gasteiger partial charge in [0.05, 0.1) is 4.90 Å². The van der Waals surface area contributed by atoms with Gasteiger partial charge in [-0.25, -0.2) is 8.42 Å². The molecule has 0 aliphatic carbocycles. The summed E-state index contributed by atoms with van der Waals surface area (Å²) >= 11 is 0. The van der Waals surface area contributed by atoms with Crippen molar-refractivity contribution in [3.63, 3.8) is 0 Å². The van der Waals surface area contributed by atoms with E-state index in [-0.39, 0.29) is 10.8 Å². The molecule has 2 aliphatic heterocycles. The third kappa shape index (κ3) is 4.09. The molecule has 30 heavy (non-hydrogen) atoms. The number of carbonyl (C=O) groups is 1. The Morgan fingerprint density at radius 3 is 2.37 bits per heavy atom. The number of nitrogens with zero attached hydrogens (tertiary/aromatic N) is 3. The van der Waals surface area contributed by atoms with Gasteiger partial charge >= 0.3 is 0 Å². The summed E-state index contributed by atoms with van der Waals surface area (Å²) in [5, 5.41) is 0. The molecule has 0 radical (unpaired) electrons. The fourth-order valence-corrected chi connectivity index (χ4v) is 6.17. The molecule has 0 N–H and O–H groups in total. The third-order valence-corrected chi connectivity index (χ3v) is 7.98. The molecule has 7 heteroatoms. The lowest BCUT2D eigenvalue weighted by Crippen LogP contribution is -2.46. The van der Waals surface area contributed by atoms with Crippen molar-refractivity contribution in [3.8, 4) is 0 Å². The molecule has 0 bridgehead atoms. The van der Waals surface area contributed by atoms with E-state index in [9.17, 15) is 13.2 Å². The molecule has 2 aliphatic rings. The predicted octanol–water partition coefficient (Wildman–Crippen LogP) is 3.10. The Morgan fingerprint density at radius 2 is 1.63 bits per heavy atom. The van der Waals surface area contributed by atoms with E-state index in [1.807, 2.05) is 12.1 Å². The number of sulfonamides is 1. The van der Waals surface area contributed by atoms with Crippen LogP contribution in [0.5, 0.6) is 0 Å². The zero-order valence-corrected chi connectivity index (χ0v) is 18.2. The summed E-state index contributed by atoms with van der Waals surface area (Å²) in [6.07, 6.45) is 3.64. The van der Waals surface area contributed by atoms with Crippen LogP contribution < -0.4 is 4.90 Å². The molecule has 2 heterocycles. The molecule has 2 aromatic carbocycles. The molecule has 0 unspecified atom stereocenters. The van der Waals surface area contributed by atoms with Crippen molar-refractivity contribution in [2.45, 2.75) is 43.2 Å². The number of carbonyl (C=O) groups excluding carboxylic acids is 1. The summed E-state index contributed by atoms with van der Waals surface area (Å²) in [5.74, 6) is -0.136. The van der Waals surface area contributed by atoms with Crippen molar-refractivity contribution in [2.75, 3.05) is 31.6 Å². The Bertz CT molecular complexity index is 988. The second kappa shape index (κ2) is 8.78. The van der Waals surface area contributed by atoms with Crippen molar-refractivity contribution < 1.29 is 13.2 Å². The number of anilines is 1. The van der Waals surface area contributed by atoms with E-state index in [0.717, 1.165) is 18.7 Å². The van der Waals surface area contributed by atoms with Crippen LogP contribution in [-0.4, -0.2) is 56.3 Å². The SMILES string of the molecule is CN(Cc1ccccc1N1CCCC1)C(=O)[C@H]1CCCN1S(=O)(=O)c1ccccc1. The van der Waals surface area contributed by atoms with E-state index >= 15 is 0 Å². The van der Waals surface area contributed by atoms with Gasteiger partial charge in [-0.2, -0.15) is 4.31 Å². The Balaban J connectivity index is 1.52. The van der Waals surface area contributed by atoms with E-state index in [4.69, 9.17) is 0 Å². The minimum atomic E-state index is -3.68. The largest absolute Gasteiger partial charge is 0.371 e. The van der Waals surface area contributed by atoms with E-state index in [0.29, 0.717) is 25.9 Å². The van der Waals surface area contributed by atoms with E-state index in [1.54, 1.807) is 42.3 Å². The highest BCUT2D eigenvalue weighted by molar-refractivity contribution is 7.89. The zero-order valence-electron chi connectivity index (χ0n) is 17.4. The minimum Gasteiger partial charge on any atom is -0.371 e. The monoisotopic (exact) mass is 427 g/mol. The highest BCUT2D eigenvalue weighted by Crippen LogP contribution is 2.29. The maximum absolute atomic E-state index is 13.3. The third-order valence-electron chi connectivity index (χ3n) is 6.06. The fraction of sp³-hybridized carbons (Fsp3) is 0.435. The molecule has 2 fully saturated rings. The van der Waals surface area contributed by atoms with Crippen LogP contribution >= 0.6 is 0 Å². The molecule has 0 saturated carbocycles. The first-order valence-electron chi connectivity index (χ1n) is 10.6. The summed E-state index contributed by atoms with van der Waals surface area (Å²) < 4.78 is 27.6. The number of rotatable bonds is 6. The Labute approximate surface area is 179 Å². The molecule has 1 atom stereocenters. The van der Waals surface area contributed by atoms with Gasteiger partial charge in [0.25, 0.3) is 0 Å². The Kier molecular flexibility index (Phi) is 6.11. The molecule has 1 amide bonds. The minimum absolute atomic E-state index is 0.136. The molecule has 0 aromatic heterocycles. The van der Waals surface area contributed by atoms with Gasteiger partial charge in [-0.3, -0.25) is 4.79 Å². The first-order valence-corrected chi connectivity index (χ1v) is 12.1. The van der Waals surface area contributed by atoms with Crippen molar-refractivity contribution in [2.24, 2.45) is 0 Å². The molecule has 2 saturated heterocycles. The lowest BCUT2D eigenvalue weighted by Gasteiger charge is -2.29. The van der Waals surface area contributed by atoms with E-state index in [1.165, 1.54) is 22.8 Å². The summed E-state index contributed by atoms with van der Waals surface area (Å²) in [6, 6.07) is 15.9. The van der Waals surface area contributed by atoms with Gasteiger partial charge in [-0.15, -0.1) is 0 Å². The maximum atomic E-state index is 13.3. The van der Waals surface area contributed by atoms with Gasteiger partial charge in [0.15, 0.2) is 0 Å². The molecule has 160 valence electrons. The van der Waals surface area contributed by atoms with Crippen LogP contribution in [0.3, 0.4) is 0 Å². The molecular weight excluding hydrogens is 398 g/mol. The van der Waals surface area contributed by atoms with Crippen LogP contribution in [0.15, 0.2) is 59.5 Å². The van der Waals surface area contributed by atoms with Crippen molar-refractivity contribution in [3.05, 3.63) is 60.2 Å². The topological polar surface area (TPSA) is 60.9 Å². The summed E-state index contributed by atoms with van der Waals surface area (Å²) in [5.41, 5.74) is 2.28. The average Bonchev–Trinajstić information content (AvgIpc) is 3.47. The van der Waals surface area contributed by atoms with Gasteiger partial charge < -0.3 is 9.80 Å². The van der Waals surface area contributed by atoms with Crippen molar-refractivity contribution in [1.29, 1.82) is 0 Å². The number of para-hydroxylation sites is 1. The molecule has 4 rings (SSSR count). The normalized spacial score (nSPS) is 19.9. The van der Waals surface area contributed by atoms with Crippen LogP contribution in [-0.2, 0) is 21.4 Å².